The van der Waals surface area contributed by atoms with Gasteiger partial charge in [-0.2, -0.15) is 0 Å². The van der Waals surface area contributed by atoms with E-state index >= 15 is 0 Å². The fourth-order valence-corrected chi connectivity index (χ4v) is 2.68. The van der Waals surface area contributed by atoms with Gasteiger partial charge in [-0.15, -0.1) is 0 Å². The third kappa shape index (κ3) is 4.06. The first-order chi connectivity index (χ1) is 9.97. The standard InChI is InChI=1S/C15H23N3O3/c1-10(2)18(15(20)12-6-4-5-7-12)9-14(19)16-13-8-11(3)21-17-13/h8,10,12H,4-7,9H2,1-3H3,(H,16,17,19). The molecule has 0 aromatic carbocycles. The second-order valence-electron chi connectivity index (χ2n) is 5.91. The lowest BCUT2D eigenvalue weighted by atomic mass is 10.1. The van der Waals surface area contributed by atoms with Crippen LogP contribution in [0, 0.1) is 12.8 Å². The maximum atomic E-state index is 12.5. The summed E-state index contributed by atoms with van der Waals surface area (Å²) in [4.78, 5) is 26.2. The molecule has 6 heteroatoms. The zero-order chi connectivity index (χ0) is 15.4. The number of amides is 2. The van der Waals surface area contributed by atoms with E-state index in [1.54, 1.807) is 17.9 Å². The Bertz CT molecular complexity index is 504. The Labute approximate surface area is 124 Å². The van der Waals surface area contributed by atoms with Crippen LogP contribution in [0.5, 0.6) is 0 Å². The van der Waals surface area contributed by atoms with Gasteiger partial charge in [0, 0.05) is 18.0 Å². The van der Waals surface area contributed by atoms with Crippen molar-refractivity contribution in [2.24, 2.45) is 5.92 Å². The van der Waals surface area contributed by atoms with Crippen LogP contribution in [-0.2, 0) is 9.59 Å². The molecule has 1 heterocycles. The van der Waals surface area contributed by atoms with E-state index in [0.717, 1.165) is 25.7 Å². The summed E-state index contributed by atoms with van der Waals surface area (Å²) in [5.74, 6) is 0.939. The van der Waals surface area contributed by atoms with Crippen molar-refractivity contribution in [3.63, 3.8) is 0 Å². The Morgan fingerprint density at radius 2 is 2.10 bits per heavy atom. The molecule has 1 aliphatic rings. The predicted molar refractivity (Wildman–Crippen MR) is 78.7 cm³/mol. The summed E-state index contributed by atoms with van der Waals surface area (Å²) >= 11 is 0. The van der Waals surface area contributed by atoms with E-state index in [4.69, 9.17) is 4.52 Å². The Kier molecular flexibility index (Phi) is 4.98. The number of hydrogen-bond acceptors (Lipinski definition) is 4. The number of carbonyl (C=O) groups is 2. The molecule has 1 saturated carbocycles. The van der Waals surface area contributed by atoms with Crippen LogP contribution in [-0.4, -0.2) is 34.5 Å². The molecule has 0 spiro atoms. The van der Waals surface area contributed by atoms with E-state index in [2.05, 4.69) is 10.5 Å². The highest BCUT2D eigenvalue weighted by Gasteiger charge is 2.29. The molecule has 0 saturated heterocycles. The van der Waals surface area contributed by atoms with Crippen molar-refractivity contribution in [3.8, 4) is 0 Å². The Balaban J connectivity index is 1.95. The highest BCUT2D eigenvalue weighted by molar-refractivity contribution is 5.94. The van der Waals surface area contributed by atoms with E-state index in [1.165, 1.54) is 0 Å². The lowest BCUT2D eigenvalue weighted by Gasteiger charge is -2.28. The SMILES string of the molecule is Cc1cc(NC(=O)CN(C(=O)C2CCCC2)C(C)C)no1. The minimum atomic E-state index is -0.247. The molecule has 0 radical (unpaired) electrons. The summed E-state index contributed by atoms with van der Waals surface area (Å²) in [7, 11) is 0. The molecule has 6 nitrogen and oxygen atoms in total. The van der Waals surface area contributed by atoms with Crippen LogP contribution in [0.2, 0.25) is 0 Å². The van der Waals surface area contributed by atoms with Crippen molar-refractivity contribution in [2.75, 3.05) is 11.9 Å². The molecule has 1 N–H and O–H groups in total. The van der Waals surface area contributed by atoms with Gasteiger partial charge in [0.05, 0.1) is 0 Å². The third-order valence-corrected chi connectivity index (χ3v) is 3.82. The summed E-state index contributed by atoms with van der Waals surface area (Å²) in [6, 6.07) is 1.65. The number of nitrogens with one attached hydrogen (secondary N) is 1. The van der Waals surface area contributed by atoms with Crippen LogP contribution >= 0.6 is 0 Å². The number of aryl methyl sites for hydroxylation is 1. The van der Waals surface area contributed by atoms with E-state index in [9.17, 15) is 9.59 Å². The second kappa shape index (κ2) is 6.74. The number of hydrogen-bond donors (Lipinski definition) is 1. The minimum Gasteiger partial charge on any atom is -0.360 e. The Morgan fingerprint density at radius 3 is 2.62 bits per heavy atom. The first kappa shape index (κ1) is 15.5. The average Bonchev–Trinajstić information content (AvgIpc) is 3.06. The molecule has 0 aliphatic heterocycles. The van der Waals surface area contributed by atoms with Gasteiger partial charge in [-0.1, -0.05) is 18.0 Å². The van der Waals surface area contributed by atoms with Crippen LogP contribution in [0.4, 0.5) is 5.82 Å². The molecular formula is C15H23N3O3. The largest absolute Gasteiger partial charge is 0.360 e. The maximum Gasteiger partial charge on any atom is 0.245 e. The molecule has 0 bridgehead atoms. The molecule has 1 aromatic rings. The van der Waals surface area contributed by atoms with Gasteiger partial charge < -0.3 is 14.7 Å². The van der Waals surface area contributed by atoms with Crippen molar-refractivity contribution in [1.82, 2.24) is 10.1 Å². The second-order valence-corrected chi connectivity index (χ2v) is 5.91. The van der Waals surface area contributed by atoms with Gasteiger partial charge >= 0.3 is 0 Å². The summed E-state index contributed by atoms with van der Waals surface area (Å²) in [5.41, 5.74) is 0. The molecule has 0 atom stereocenters. The molecule has 1 aromatic heterocycles. The fraction of sp³-hybridized carbons (Fsp3) is 0.667. The lowest BCUT2D eigenvalue weighted by molar-refractivity contribution is -0.140. The summed E-state index contributed by atoms with van der Waals surface area (Å²) in [5, 5.41) is 6.38. The molecule has 116 valence electrons. The van der Waals surface area contributed by atoms with E-state index in [0.29, 0.717) is 11.6 Å². The molecule has 0 unspecified atom stereocenters. The van der Waals surface area contributed by atoms with Crippen molar-refractivity contribution in [3.05, 3.63) is 11.8 Å². The van der Waals surface area contributed by atoms with E-state index < -0.39 is 0 Å². The van der Waals surface area contributed by atoms with Crippen LogP contribution in [0.3, 0.4) is 0 Å². The number of carbonyl (C=O) groups excluding carboxylic acids is 2. The average molecular weight is 293 g/mol. The number of nitrogens with zero attached hydrogens (tertiary/aromatic N) is 2. The maximum absolute atomic E-state index is 12.5. The lowest BCUT2D eigenvalue weighted by Crippen LogP contribution is -2.44. The molecule has 1 fully saturated rings. The topological polar surface area (TPSA) is 75.4 Å². The normalized spacial score (nSPS) is 15.4. The van der Waals surface area contributed by atoms with Gasteiger partial charge in [0.2, 0.25) is 11.8 Å². The summed E-state index contributed by atoms with van der Waals surface area (Å²) < 4.78 is 4.90. The fourth-order valence-electron chi connectivity index (χ4n) is 2.68. The highest BCUT2D eigenvalue weighted by Crippen LogP contribution is 2.27. The zero-order valence-corrected chi connectivity index (χ0v) is 12.9. The van der Waals surface area contributed by atoms with Crippen molar-refractivity contribution in [1.29, 1.82) is 0 Å². The molecular weight excluding hydrogens is 270 g/mol. The highest BCUT2D eigenvalue weighted by atomic mass is 16.5. The zero-order valence-electron chi connectivity index (χ0n) is 12.9. The van der Waals surface area contributed by atoms with Crippen molar-refractivity contribution < 1.29 is 14.1 Å². The van der Waals surface area contributed by atoms with Crippen LogP contribution in [0.25, 0.3) is 0 Å². The van der Waals surface area contributed by atoms with Gasteiger partial charge in [0.15, 0.2) is 5.82 Å². The quantitative estimate of drug-likeness (QED) is 0.904. The summed E-state index contributed by atoms with van der Waals surface area (Å²) in [6.07, 6.45) is 4.08. The van der Waals surface area contributed by atoms with Crippen molar-refractivity contribution in [2.45, 2.75) is 52.5 Å². The minimum absolute atomic E-state index is 0.00268. The Hall–Kier alpha value is -1.85. The van der Waals surface area contributed by atoms with Gasteiger partial charge in [0.1, 0.15) is 12.3 Å². The van der Waals surface area contributed by atoms with E-state index in [1.807, 2.05) is 13.8 Å². The number of rotatable bonds is 5. The first-order valence-corrected chi connectivity index (χ1v) is 7.51. The van der Waals surface area contributed by atoms with Crippen LogP contribution < -0.4 is 5.32 Å². The molecule has 21 heavy (non-hydrogen) atoms. The van der Waals surface area contributed by atoms with Crippen LogP contribution in [0.1, 0.15) is 45.3 Å². The molecule has 2 rings (SSSR count). The van der Waals surface area contributed by atoms with Gasteiger partial charge in [-0.05, 0) is 33.6 Å². The van der Waals surface area contributed by atoms with Gasteiger partial charge in [-0.3, -0.25) is 9.59 Å². The number of anilines is 1. The number of aromatic nitrogens is 1. The smallest absolute Gasteiger partial charge is 0.245 e. The van der Waals surface area contributed by atoms with Crippen molar-refractivity contribution >= 4 is 17.6 Å². The molecule has 1 aliphatic carbocycles. The Morgan fingerprint density at radius 1 is 1.43 bits per heavy atom. The third-order valence-electron chi connectivity index (χ3n) is 3.82. The van der Waals surface area contributed by atoms with Gasteiger partial charge in [-0.25, -0.2) is 0 Å². The monoisotopic (exact) mass is 293 g/mol. The van der Waals surface area contributed by atoms with Crippen LogP contribution in [0.15, 0.2) is 10.6 Å². The molecule has 2 amide bonds. The van der Waals surface area contributed by atoms with E-state index in [-0.39, 0.29) is 30.3 Å². The summed E-state index contributed by atoms with van der Waals surface area (Å²) in [6.45, 7) is 5.67. The predicted octanol–water partition coefficient (Wildman–Crippen LogP) is 2.35. The first-order valence-electron chi connectivity index (χ1n) is 7.51. The van der Waals surface area contributed by atoms with Gasteiger partial charge in [0.25, 0.3) is 0 Å².